The van der Waals surface area contributed by atoms with Crippen LogP contribution in [0.2, 0.25) is 0 Å². The highest BCUT2D eigenvalue weighted by Crippen LogP contribution is 2.25. The standard InChI is InChI=1S/C14H20FNO2S/c1-6-16(9-10(2)3)19(17,18)14-11(4)7-13(15)8-12(14)5/h7-8H,2,6,9H2,1,3-5H3. The number of rotatable bonds is 5. The van der Waals surface area contributed by atoms with E-state index in [4.69, 9.17) is 0 Å². The van der Waals surface area contributed by atoms with Gasteiger partial charge in [-0.1, -0.05) is 19.1 Å². The number of aryl methyl sites for hydroxylation is 2. The van der Waals surface area contributed by atoms with Crippen LogP contribution in [0.25, 0.3) is 0 Å². The lowest BCUT2D eigenvalue weighted by atomic mass is 10.1. The van der Waals surface area contributed by atoms with Gasteiger partial charge in [0.1, 0.15) is 5.82 Å². The average Bonchev–Trinajstić information content (AvgIpc) is 2.23. The Kier molecular flexibility index (Phi) is 4.87. The van der Waals surface area contributed by atoms with Crippen molar-refractivity contribution in [3.63, 3.8) is 0 Å². The zero-order valence-corrected chi connectivity index (χ0v) is 12.6. The Morgan fingerprint density at radius 2 is 1.79 bits per heavy atom. The minimum absolute atomic E-state index is 0.192. The predicted molar refractivity (Wildman–Crippen MR) is 75.1 cm³/mol. The van der Waals surface area contributed by atoms with E-state index in [1.165, 1.54) is 16.4 Å². The molecule has 0 aliphatic rings. The molecule has 0 heterocycles. The lowest BCUT2D eigenvalue weighted by Gasteiger charge is -2.22. The maximum absolute atomic E-state index is 13.3. The van der Waals surface area contributed by atoms with Crippen LogP contribution in [-0.2, 0) is 10.0 Å². The summed E-state index contributed by atoms with van der Waals surface area (Å²) in [7, 11) is -3.62. The van der Waals surface area contributed by atoms with Gasteiger partial charge >= 0.3 is 0 Å². The third-order valence-corrected chi connectivity index (χ3v) is 5.05. The van der Waals surface area contributed by atoms with Crippen molar-refractivity contribution in [3.05, 3.63) is 41.2 Å². The van der Waals surface area contributed by atoms with Crippen molar-refractivity contribution in [3.8, 4) is 0 Å². The summed E-state index contributed by atoms with van der Waals surface area (Å²) >= 11 is 0. The van der Waals surface area contributed by atoms with Crippen LogP contribution in [0.5, 0.6) is 0 Å². The van der Waals surface area contributed by atoms with Crippen molar-refractivity contribution in [1.82, 2.24) is 4.31 Å². The molecule has 19 heavy (non-hydrogen) atoms. The van der Waals surface area contributed by atoms with Crippen molar-refractivity contribution >= 4 is 10.0 Å². The van der Waals surface area contributed by atoms with Crippen LogP contribution in [0.4, 0.5) is 4.39 Å². The van der Waals surface area contributed by atoms with Gasteiger partial charge in [-0.2, -0.15) is 4.31 Å². The Morgan fingerprint density at radius 1 is 1.32 bits per heavy atom. The van der Waals surface area contributed by atoms with Gasteiger partial charge in [0, 0.05) is 13.1 Å². The van der Waals surface area contributed by atoms with E-state index in [1.54, 1.807) is 27.7 Å². The van der Waals surface area contributed by atoms with E-state index in [-0.39, 0.29) is 11.4 Å². The first-order valence-corrected chi connectivity index (χ1v) is 7.55. The molecule has 0 aromatic heterocycles. The van der Waals surface area contributed by atoms with Crippen LogP contribution in [0.15, 0.2) is 29.2 Å². The largest absolute Gasteiger partial charge is 0.243 e. The molecule has 0 unspecified atom stereocenters. The molecule has 0 N–H and O–H groups in total. The number of hydrogen-bond acceptors (Lipinski definition) is 2. The quantitative estimate of drug-likeness (QED) is 0.780. The van der Waals surface area contributed by atoms with Crippen molar-refractivity contribution in [2.45, 2.75) is 32.6 Å². The summed E-state index contributed by atoms with van der Waals surface area (Å²) in [5.74, 6) is -0.420. The molecule has 1 aromatic rings. The smallest absolute Gasteiger partial charge is 0.207 e. The summed E-state index contributed by atoms with van der Waals surface area (Å²) in [6.07, 6.45) is 0. The SMILES string of the molecule is C=C(C)CN(CC)S(=O)(=O)c1c(C)cc(F)cc1C. The van der Waals surface area contributed by atoms with Gasteiger partial charge in [0.2, 0.25) is 10.0 Å². The molecule has 106 valence electrons. The Hall–Kier alpha value is -1.20. The summed E-state index contributed by atoms with van der Waals surface area (Å²) in [5.41, 5.74) is 1.62. The Balaban J connectivity index is 3.38. The van der Waals surface area contributed by atoms with E-state index < -0.39 is 15.8 Å². The summed E-state index contributed by atoms with van der Waals surface area (Å²) in [6, 6.07) is 2.49. The molecule has 0 atom stereocenters. The van der Waals surface area contributed by atoms with Crippen molar-refractivity contribution in [2.24, 2.45) is 0 Å². The lowest BCUT2D eigenvalue weighted by Crippen LogP contribution is -2.33. The van der Waals surface area contributed by atoms with E-state index in [0.717, 1.165) is 5.57 Å². The zero-order valence-electron chi connectivity index (χ0n) is 11.8. The Bertz CT molecular complexity index is 570. The van der Waals surface area contributed by atoms with Gasteiger partial charge in [-0.3, -0.25) is 0 Å². The molecule has 0 radical (unpaired) electrons. The average molecular weight is 285 g/mol. The van der Waals surface area contributed by atoms with E-state index in [9.17, 15) is 12.8 Å². The van der Waals surface area contributed by atoms with E-state index in [0.29, 0.717) is 17.7 Å². The molecule has 0 fully saturated rings. The van der Waals surface area contributed by atoms with E-state index >= 15 is 0 Å². The summed E-state index contributed by atoms with van der Waals surface area (Å²) in [5, 5.41) is 0. The molecule has 0 aliphatic carbocycles. The van der Waals surface area contributed by atoms with Gasteiger partial charge in [0.25, 0.3) is 0 Å². The molecular weight excluding hydrogens is 265 g/mol. The second-order valence-electron chi connectivity index (χ2n) is 4.76. The topological polar surface area (TPSA) is 37.4 Å². The van der Waals surface area contributed by atoms with Crippen LogP contribution in [0.1, 0.15) is 25.0 Å². The first-order chi connectivity index (χ1) is 8.70. The van der Waals surface area contributed by atoms with Gasteiger partial charge in [-0.25, -0.2) is 12.8 Å². The molecule has 5 heteroatoms. The first-order valence-electron chi connectivity index (χ1n) is 6.11. The molecule has 1 rings (SSSR count). The van der Waals surface area contributed by atoms with Crippen LogP contribution < -0.4 is 0 Å². The third-order valence-electron chi connectivity index (χ3n) is 2.82. The molecule has 1 aromatic carbocycles. The normalized spacial score (nSPS) is 11.9. The van der Waals surface area contributed by atoms with Gasteiger partial charge in [0.15, 0.2) is 0 Å². The number of hydrogen-bond donors (Lipinski definition) is 0. The van der Waals surface area contributed by atoms with Crippen molar-refractivity contribution in [2.75, 3.05) is 13.1 Å². The number of benzene rings is 1. The Morgan fingerprint density at radius 3 is 2.16 bits per heavy atom. The van der Waals surface area contributed by atoms with Crippen LogP contribution in [0.3, 0.4) is 0 Å². The molecule has 0 amide bonds. The van der Waals surface area contributed by atoms with Gasteiger partial charge in [-0.15, -0.1) is 0 Å². The Labute approximate surface area is 114 Å². The number of likely N-dealkylation sites (N-methyl/N-ethyl adjacent to an activating group) is 1. The molecule has 0 saturated heterocycles. The van der Waals surface area contributed by atoms with Crippen LogP contribution in [0, 0.1) is 19.7 Å². The van der Waals surface area contributed by atoms with Crippen molar-refractivity contribution < 1.29 is 12.8 Å². The number of halogens is 1. The first kappa shape index (κ1) is 15.9. The maximum atomic E-state index is 13.3. The highest BCUT2D eigenvalue weighted by atomic mass is 32.2. The molecule has 0 spiro atoms. The fourth-order valence-electron chi connectivity index (χ4n) is 2.10. The van der Waals surface area contributed by atoms with Crippen LogP contribution in [-0.4, -0.2) is 25.8 Å². The molecule has 0 bridgehead atoms. The highest BCUT2D eigenvalue weighted by Gasteiger charge is 2.26. The number of nitrogens with zero attached hydrogens (tertiary/aromatic N) is 1. The van der Waals surface area contributed by atoms with Gasteiger partial charge < -0.3 is 0 Å². The molecule has 0 saturated carbocycles. The zero-order chi connectivity index (χ0) is 14.8. The van der Waals surface area contributed by atoms with Gasteiger partial charge in [-0.05, 0) is 44.0 Å². The fraction of sp³-hybridized carbons (Fsp3) is 0.429. The van der Waals surface area contributed by atoms with Crippen molar-refractivity contribution in [1.29, 1.82) is 0 Å². The van der Waals surface area contributed by atoms with Gasteiger partial charge in [0.05, 0.1) is 4.90 Å². The third kappa shape index (κ3) is 3.42. The molecule has 3 nitrogen and oxygen atoms in total. The summed E-state index contributed by atoms with van der Waals surface area (Å²) in [4.78, 5) is 0.192. The van der Waals surface area contributed by atoms with Crippen LogP contribution >= 0.6 is 0 Å². The second kappa shape index (κ2) is 5.84. The monoisotopic (exact) mass is 285 g/mol. The second-order valence-corrected chi connectivity index (χ2v) is 6.63. The minimum atomic E-state index is -3.62. The predicted octanol–water partition coefficient (Wildman–Crippen LogP) is 3.03. The summed E-state index contributed by atoms with van der Waals surface area (Å²) in [6.45, 7) is 11.1. The summed E-state index contributed by atoms with van der Waals surface area (Å²) < 4.78 is 39.8. The minimum Gasteiger partial charge on any atom is -0.207 e. The fourth-order valence-corrected chi connectivity index (χ4v) is 4.02. The lowest BCUT2D eigenvalue weighted by molar-refractivity contribution is 0.452. The molecular formula is C14H20FNO2S. The maximum Gasteiger partial charge on any atom is 0.243 e. The van der Waals surface area contributed by atoms with E-state index in [2.05, 4.69) is 6.58 Å². The number of sulfonamides is 1. The highest BCUT2D eigenvalue weighted by molar-refractivity contribution is 7.89. The molecule has 0 aliphatic heterocycles. The van der Waals surface area contributed by atoms with E-state index in [1.807, 2.05) is 0 Å².